The second-order valence-corrected chi connectivity index (χ2v) is 8.29. The molecule has 2 heterocycles. The van der Waals surface area contributed by atoms with E-state index in [9.17, 15) is 4.79 Å². The Morgan fingerprint density at radius 2 is 2.28 bits per heavy atom. The summed E-state index contributed by atoms with van der Waals surface area (Å²) < 4.78 is 1.11. The number of hydrogen-bond acceptors (Lipinski definition) is 7. The van der Waals surface area contributed by atoms with Crippen molar-refractivity contribution in [3.8, 4) is 0 Å². The van der Waals surface area contributed by atoms with Gasteiger partial charge in [0.15, 0.2) is 0 Å². The number of thiazole rings is 1. The number of nitrogens with zero attached hydrogens (tertiary/aromatic N) is 2. The van der Waals surface area contributed by atoms with Crippen molar-refractivity contribution in [1.29, 1.82) is 0 Å². The number of carbonyl (C=O) groups is 1. The highest BCUT2D eigenvalue weighted by Crippen LogP contribution is 2.31. The van der Waals surface area contributed by atoms with Gasteiger partial charge in [0.05, 0.1) is 16.8 Å². The van der Waals surface area contributed by atoms with E-state index in [1.54, 1.807) is 23.1 Å². The van der Waals surface area contributed by atoms with Gasteiger partial charge in [-0.15, -0.1) is 23.1 Å². The SMILES string of the molecule is CC(C)CNc1ccc2nc(C3=N[C@@H](C(=O)NCCO)CS3)sc2c1. The molecule has 134 valence electrons. The molecule has 0 radical (unpaired) electrons. The molecule has 1 aromatic heterocycles. The second-order valence-electron chi connectivity index (χ2n) is 6.25. The van der Waals surface area contributed by atoms with Crippen LogP contribution in [0.4, 0.5) is 5.69 Å². The van der Waals surface area contributed by atoms with Gasteiger partial charge in [-0.3, -0.25) is 9.79 Å². The fourth-order valence-corrected chi connectivity index (χ4v) is 4.48. The fraction of sp³-hybridized carbons (Fsp3) is 0.471. The number of anilines is 1. The lowest BCUT2D eigenvalue weighted by molar-refractivity contribution is -0.121. The molecule has 0 fully saturated rings. The van der Waals surface area contributed by atoms with Gasteiger partial charge in [0.1, 0.15) is 16.1 Å². The van der Waals surface area contributed by atoms with Crippen LogP contribution in [0.5, 0.6) is 0 Å². The third-order valence-corrected chi connectivity index (χ3v) is 5.86. The molecule has 25 heavy (non-hydrogen) atoms. The molecular weight excluding hydrogens is 356 g/mol. The average Bonchev–Trinajstić information content (AvgIpc) is 3.23. The number of aliphatic hydroxyl groups excluding tert-OH is 1. The van der Waals surface area contributed by atoms with Gasteiger partial charge in [-0.1, -0.05) is 13.8 Å². The minimum Gasteiger partial charge on any atom is -0.395 e. The Kier molecular flexibility index (Phi) is 5.93. The van der Waals surface area contributed by atoms with E-state index in [1.165, 1.54) is 0 Å². The van der Waals surface area contributed by atoms with E-state index in [0.29, 0.717) is 11.7 Å². The normalized spacial score (nSPS) is 17.1. The maximum atomic E-state index is 12.0. The minimum atomic E-state index is -0.401. The number of amides is 1. The highest BCUT2D eigenvalue weighted by molar-refractivity contribution is 8.15. The van der Waals surface area contributed by atoms with E-state index in [1.807, 2.05) is 12.1 Å². The first-order valence-electron chi connectivity index (χ1n) is 8.31. The van der Waals surface area contributed by atoms with E-state index in [-0.39, 0.29) is 19.1 Å². The van der Waals surface area contributed by atoms with Crippen molar-refractivity contribution in [2.75, 3.05) is 30.8 Å². The van der Waals surface area contributed by atoms with Crippen LogP contribution in [0.15, 0.2) is 23.2 Å². The van der Waals surface area contributed by atoms with Crippen molar-refractivity contribution in [2.24, 2.45) is 10.9 Å². The Labute approximate surface area is 155 Å². The van der Waals surface area contributed by atoms with Gasteiger partial charge in [-0.2, -0.15) is 0 Å². The summed E-state index contributed by atoms with van der Waals surface area (Å²) in [5, 5.41) is 16.6. The Morgan fingerprint density at radius 3 is 3.04 bits per heavy atom. The van der Waals surface area contributed by atoms with Crippen molar-refractivity contribution in [3.63, 3.8) is 0 Å². The van der Waals surface area contributed by atoms with Gasteiger partial charge in [0.2, 0.25) is 5.91 Å². The maximum Gasteiger partial charge on any atom is 0.245 e. The number of aliphatic hydroxyl groups is 1. The fourth-order valence-electron chi connectivity index (χ4n) is 2.37. The van der Waals surface area contributed by atoms with Crippen LogP contribution in [-0.2, 0) is 4.79 Å². The lowest BCUT2D eigenvalue weighted by Gasteiger charge is -2.08. The quantitative estimate of drug-likeness (QED) is 0.688. The van der Waals surface area contributed by atoms with E-state index in [2.05, 4.69) is 40.5 Å². The zero-order valence-electron chi connectivity index (χ0n) is 14.3. The summed E-state index contributed by atoms with van der Waals surface area (Å²) in [6.45, 7) is 5.49. The van der Waals surface area contributed by atoms with Gasteiger partial charge >= 0.3 is 0 Å². The Morgan fingerprint density at radius 1 is 1.44 bits per heavy atom. The number of fused-ring (bicyclic) bond motifs is 1. The van der Waals surface area contributed by atoms with Crippen LogP contribution in [0.2, 0.25) is 0 Å². The predicted octanol–water partition coefficient (Wildman–Crippen LogP) is 2.33. The molecule has 8 heteroatoms. The van der Waals surface area contributed by atoms with Crippen molar-refractivity contribution < 1.29 is 9.90 Å². The number of benzene rings is 1. The lowest BCUT2D eigenvalue weighted by atomic mass is 10.2. The number of aliphatic imine (C=N–C) groups is 1. The van der Waals surface area contributed by atoms with Crippen LogP contribution >= 0.6 is 23.1 Å². The van der Waals surface area contributed by atoms with Crippen LogP contribution in [0.1, 0.15) is 18.9 Å². The molecular formula is C17H22N4O2S2. The van der Waals surface area contributed by atoms with Gasteiger partial charge < -0.3 is 15.7 Å². The van der Waals surface area contributed by atoms with Crippen molar-refractivity contribution in [2.45, 2.75) is 19.9 Å². The summed E-state index contributed by atoms with van der Waals surface area (Å²) in [6.07, 6.45) is 0. The smallest absolute Gasteiger partial charge is 0.245 e. The van der Waals surface area contributed by atoms with Crippen LogP contribution in [0.25, 0.3) is 10.2 Å². The first-order chi connectivity index (χ1) is 12.1. The van der Waals surface area contributed by atoms with Crippen molar-refractivity contribution in [3.05, 3.63) is 23.2 Å². The minimum absolute atomic E-state index is 0.0623. The molecule has 3 rings (SSSR count). The number of rotatable bonds is 7. The Hall–Kier alpha value is -1.64. The third-order valence-electron chi connectivity index (χ3n) is 3.65. The van der Waals surface area contributed by atoms with Gasteiger partial charge in [0.25, 0.3) is 0 Å². The summed E-state index contributed by atoms with van der Waals surface area (Å²) in [6, 6.07) is 5.78. The van der Waals surface area contributed by atoms with Crippen LogP contribution < -0.4 is 10.6 Å². The standard InChI is InChI=1S/C17H22N4O2S2/c1-10(2)8-19-11-3-4-12-14(7-11)25-17(20-12)16-21-13(9-24-16)15(23)18-5-6-22/h3-4,7,10,13,19,22H,5-6,8-9H2,1-2H3,(H,18,23)/t13-/m1/s1. The highest BCUT2D eigenvalue weighted by Gasteiger charge is 2.27. The maximum absolute atomic E-state index is 12.0. The molecule has 1 amide bonds. The van der Waals surface area contributed by atoms with E-state index in [0.717, 1.165) is 32.5 Å². The summed E-state index contributed by atoms with van der Waals surface area (Å²) in [5.74, 6) is 1.06. The van der Waals surface area contributed by atoms with Gasteiger partial charge in [-0.25, -0.2) is 4.98 Å². The molecule has 6 nitrogen and oxygen atoms in total. The van der Waals surface area contributed by atoms with Crippen molar-refractivity contribution >= 4 is 50.0 Å². The molecule has 0 aliphatic carbocycles. The molecule has 0 bridgehead atoms. The molecule has 3 N–H and O–H groups in total. The first-order valence-corrected chi connectivity index (χ1v) is 10.1. The Balaban J connectivity index is 1.74. The summed E-state index contributed by atoms with van der Waals surface area (Å²) >= 11 is 3.16. The molecule has 1 aliphatic heterocycles. The van der Waals surface area contributed by atoms with Crippen LogP contribution in [0.3, 0.4) is 0 Å². The summed E-state index contributed by atoms with van der Waals surface area (Å²) in [5.41, 5.74) is 2.05. The zero-order chi connectivity index (χ0) is 17.8. The highest BCUT2D eigenvalue weighted by atomic mass is 32.2. The third kappa shape index (κ3) is 4.50. The number of hydrogen-bond donors (Lipinski definition) is 3. The molecule has 0 spiro atoms. The monoisotopic (exact) mass is 378 g/mol. The van der Waals surface area contributed by atoms with E-state index >= 15 is 0 Å². The van der Waals surface area contributed by atoms with Gasteiger partial charge in [-0.05, 0) is 24.1 Å². The average molecular weight is 379 g/mol. The molecule has 1 aliphatic rings. The number of nitrogens with one attached hydrogen (secondary N) is 2. The van der Waals surface area contributed by atoms with Gasteiger partial charge in [0, 0.05) is 24.5 Å². The topological polar surface area (TPSA) is 86.6 Å². The molecule has 1 aromatic carbocycles. The van der Waals surface area contributed by atoms with E-state index < -0.39 is 6.04 Å². The van der Waals surface area contributed by atoms with Crippen LogP contribution in [0, 0.1) is 5.92 Å². The molecule has 0 unspecified atom stereocenters. The van der Waals surface area contributed by atoms with Crippen LogP contribution in [-0.4, -0.2) is 52.5 Å². The lowest BCUT2D eigenvalue weighted by Crippen LogP contribution is -2.35. The second kappa shape index (κ2) is 8.16. The number of aromatic nitrogens is 1. The number of carbonyl (C=O) groups excluding carboxylic acids is 1. The molecule has 2 aromatic rings. The first kappa shape index (κ1) is 18.2. The summed E-state index contributed by atoms with van der Waals surface area (Å²) in [4.78, 5) is 21.1. The predicted molar refractivity (Wildman–Crippen MR) is 106 cm³/mol. The molecule has 0 saturated carbocycles. The zero-order valence-corrected chi connectivity index (χ0v) is 15.9. The molecule has 1 atom stereocenters. The molecule has 0 saturated heterocycles. The largest absolute Gasteiger partial charge is 0.395 e. The Bertz CT molecular complexity index is 788. The summed E-state index contributed by atoms with van der Waals surface area (Å²) in [7, 11) is 0. The van der Waals surface area contributed by atoms with Crippen molar-refractivity contribution in [1.82, 2.24) is 10.3 Å². The van der Waals surface area contributed by atoms with E-state index in [4.69, 9.17) is 5.11 Å². The number of thioether (sulfide) groups is 1.